The average Bonchev–Trinajstić information content (AvgIpc) is 3.44. The molecule has 1 aliphatic heterocycles. The van der Waals surface area contributed by atoms with Crippen LogP contribution in [0.15, 0.2) is 39.5 Å². The molecule has 1 N–H and O–H groups in total. The Kier molecular flexibility index (Phi) is 5.30. The molecule has 8 heteroatoms. The van der Waals surface area contributed by atoms with E-state index in [0.29, 0.717) is 43.7 Å². The van der Waals surface area contributed by atoms with Gasteiger partial charge in [0.15, 0.2) is 5.76 Å². The summed E-state index contributed by atoms with van der Waals surface area (Å²) in [6.45, 7) is 7.00. The van der Waals surface area contributed by atoms with Gasteiger partial charge in [0.05, 0.1) is 11.4 Å². The van der Waals surface area contributed by atoms with E-state index in [1.54, 1.807) is 11.3 Å². The van der Waals surface area contributed by atoms with Crippen molar-refractivity contribution in [3.8, 4) is 0 Å². The summed E-state index contributed by atoms with van der Waals surface area (Å²) >= 11 is 1.69. The van der Waals surface area contributed by atoms with Gasteiger partial charge in [-0.05, 0) is 49.8 Å². The highest BCUT2D eigenvalue weighted by Crippen LogP contribution is 2.36. The number of fused-ring (bicyclic) bond motifs is 4. The highest BCUT2D eigenvalue weighted by atomic mass is 32.1. The lowest BCUT2D eigenvalue weighted by Gasteiger charge is -2.37. The number of nitrogens with one attached hydrogen (secondary N) is 1. The van der Waals surface area contributed by atoms with Gasteiger partial charge in [0.2, 0.25) is 0 Å². The zero-order valence-corrected chi connectivity index (χ0v) is 20.3. The molecule has 2 unspecified atom stereocenters. The monoisotopic (exact) mass is 476 g/mol. The van der Waals surface area contributed by atoms with E-state index >= 15 is 0 Å². The molecule has 1 aromatic carbocycles. The number of aromatic nitrogens is 2. The highest BCUT2D eigenvalue weighted by molar-refractivity contribution is 7.18. The Morgan fingerprint density at radius 3 is 2.82 bits per heavy atom. The maximum absolute atomic E-state index is 13.0. The largest absolute Gasteiger partial charge is 0.451 e. The van der Waals surface area contributed by atoms with E-state index in [2.05, 4.69) is 23.7 Å². The average molecular weight is 477 g/mol. The molecule has 1 fully saturated rings. The van der Waals surface area contributed by atoms with E-state index in [0.717, 1.165) is 40.4 Å². The van der Waals surface area contributed by atoms with Gasteiger partial charge in [0, 0.05) is 36.4 Å². The fraction of sp³-hybridized carbons (Fsp3) is 0.423. The Balaban J connectivity index is 1.17. The van der Waals surface area contributed by atoms with Gasteiger partial charge >= 0.3 is 0 Å². The van der Waals surface area contributed by atoms with E-state index in [9.17, 15) is 9.59 Å². The minimum atomic E-state index is -0.0742. The predicted octanol–water partition coefficient (Wildman–Crippen LogP) is 4.37. The molecule has 1 saturated heterocycles. The second kappa shape index (κ2) is 8.36. The molecule has 4 aromatic rings. The van der Waals surface area contributed by atoms with Crippen LogP contribution in [0, 0.1) is 5.92 Å². The van der Waals surface area contributed by atoms with Crippen LogP contribution in [0.5, 0.6) is 0 Å². The molecule has 0 bridgehead atoms. The Morgan fingerprint density at radius 2 is 2.03 bits per heavy atom. The molecule has 176 valence electrons. The number of para-hydroxylation sites is 1. The minimum absolute atomic E-state index is 0.0161. The van der Waals surface area contributed by atoms with Gasteiger partial charge in [0.1, 0.15) is 16.2 Å². The van der Waals surface area contributed by atoms with Gasteiger partial charge in [0.25, 0.3) is 11.5 Å². The fourth-order valence-electron chi connectivity index (χ4n) is 5.29. The van der Waals surface area contributed by atoms with Gasteiger partial charge in [-0.2, -0.15) is 0 Å². The van der Waals surface area contributed by atoms with Gasteiger partial charge < -0.3 is 14.3 Å². The molecule has 0 radical (unpaired) electrons. The Hall–Kier alpha value is -2.97. The molecular formula is C26H28N4O3S. The summed E-state index contributed by atoms with van der Waals surface area (Å²) in [5.41, 5.74) is 1.93. The fourth-order valence-corrected chi connectivity index (χ4v) is 6.68. The molecular weight excluding hydrogens is 448 g/mol. The molecule has 34 heavy (non-hydrogen) atoms. The summed E-state index contributed by atoms with van der Waals surface area (Å²) < 4.78 is 5.77. The van der Waals surface area contributed by atoms with Crippen LogP contribution in [-0.4, -0.2) is 51.9 Å². The zero-order chi connectivity index (χ0) is 23.4. The van der Waals surface area contributed by atoms with E-state index in [-0.39, 0.29) is 17.5 Å². The standard InChI is InChI=1S/C26H28N4O3S/c1-15-7-8-18-21(13-15)34-25-22(18)24(31)27-23(28-25)16(2)29-9-11-30(12-10-29)26(32)20-14-17-5-3-4-6-19(17)33-20/h3-6,14-16H,7-13H2,1-2H3,(H,27,28,31). The number of amides is 1. The summed E-state index contributed by atoms with van der Waals surface area (Å²) in [5, 5.41) is 1.73. The number of aromatic amines is 1. The first kappa shape index (κ1) is 21.6. The number of nitrogens with zero attached hydrogens (tertiary/aromatic N) is 3. The van der Waals surface area contributed by atoms with Crippen molar-refractivity contribution >= 4 is 38.4 Å². The first-order chi connectivity index (χ1) is 16.5. The minimum Gasteiger partial charge on any atom is -0.451 e. The topological polar surface area (TPSA) is 82.4 Å². The summed E-state index contributed by atoms with van der Waals surface area (Å²) in [5.74, 6) is 1.68. The van der Waals surface area contributed by atoms with Crippen molar-refractivity contribution in [1.82, 2.24) is 19.8 Å². The van der Waals surface area contributed by atoms with E-state index in [4.69, 9.17) is 9.40 Å². The summed E-state index contributed by atoms with van der Waals surface area (Å²) in [6, 6.07) is 9.46. The number of carbonyl (C=O) groups excluding carboxylic acids is 1. The molecule has 0 spiro atoms. The van der Waals surface area contributed by atoms with Gasteiger partial charge in [-0.1, -0.05) is 25.1 Å². The number of piperazine rings is 1. The third kappa shape index (κ3) is 3.65. The van der Waals surface area contributed by atoms with Crippen molar-refractivity contribution in [2.45, 2.75) is 39.2 Å². The number of furan rings is 1. The number of hydrogen-bond acceptors (Lipinski definition) is 6. The summed E-state index contributed by atoms with van der Waals surface area (Å²) in [4.78, 5) is 40.3. The van der Waals surface area contributed by atoms with Crippen molar-refractivity contribution in [2.75, 3.05) is 26.2 Å². The van der Waals surface area contributed by atoms with Gasteiger partial charge in [-0.15, -0.1) is 11.3 Å². The number of benzene rings is 1. The predicted molar refractivity (Wildman–Crippen MR) is 134 cm³/mol. The lowest BCUT2D eigenvalue weighted by atomic mass is 9.89. The molecule has 6 rings (SSSR count). The second-order valence-corrected chi connectivity index (χ2v) is 10.7. The number of thiophene rings is 1. The zero-order valence-electron chi connectivity index (χ0n) is 19.5. The Bertz CT molecular complexity index is 1410. The van der Waals surface area contributed by atoms with Crippen molar-refractivity contribution in [2.24, 2.45) is 5.92 Å². The number of carbonyl (C=O) groups is 1. The van der Waals surface area contributed by atoms with Crippen LogP contribution in [0.3, 0.4) is 0 Å². The number of H-pyrrole nitrogens is 1. The molecule has 3 aromatic heterocycles. The summed E-state index contributed by atoms with van der Waals surface area (Å²) in [7, 11) is 0. The van der Waals surface area contributed by atoms with E-state index in [1.807, 2.05) is 35.2 Å². The summed E-state index contributed by atoms with van der Waals surface area (Å²) in [6.07, 6.45) is 3.15. The van der Waals surface area contributed by atoms with Gasteiger partial charge in [-0.3, -0.25) is 14.5 Å². The van der Waals surface area contributed by atoms with Crippen molar-refractivity contribution in [1.29, 1.82) is 0 Å². The third-order valence-electron chi connectivity index (χ3n) is 7.36. The first-order valence-electron chi connectivity index (χ1n) is 12.0. The molecule has 7 nitrogen and oxygen atoms in total. The van der Waals surface area contributed by atoms with Gasteiger partial charge in [-0.25, -0.2) is 4.98 Å². The maximum Gasteiger partial charge on any atom is 0.289 e. The molecule has 1 aliphatic carbocycles. The quantitative estimate of drug-likeness (QED) is 0.475. The van der Waals surface area contributed by atoms with E-state index < -0.39 is 0 Å². The van der Waals surface area contributed by atoms with Crippen LogP contribution in [0.1, 0.15) is 53.1 Å². The van der Waals surface area contributed by atoms with Crippen LogP contribution < -0.4 is 5.56 Å². The molecule has 2 aliphatic rings. The molecule has 1 amide bonds. The Labute approximate surface area is 201 Å². The molecule has 0 saturated carbocycles. The number of rotatable bonds is 3. The van der Waals surface area contributed by atoms with Crippen molar-refractivity contribution in [3.63, 3.8) is 0 Å². The van der Waals surface area contributed by atoms with Crippen LogP contribution in [-0.2, 0) is 12.8 Å². The number of hydrogen-bond donors (Lipinski definition) is 1. The van der Waals surface area contributed by atoms with Crippen LogP contribution >= 0.6 is 11.3 Å². The Morgan fingerprint density at radius 1 is 1.24 bits per heavy atom. The van der Waals surface area contributed by atoms with Crippen LogP contribution in [0.4, 0.5) is 0 Å². The smallest absolute Gasteiger partial charge is 0.289 e. The van der Waals surface area contributed by atoms with Crippen LogP contribution in [0.25, 0.3) is 21.2 Å². The lowest BCUT2D eigenvalue weighted by Crippen LogP contribution is -2.49. The lowest BCUT2D eigenvalue weighted by molar-refractivity contribution is 0.0549. The SMILES string of the molecule is CC1CCc2c(sc3nc(C(C)N4CCN(C(=O)c5cc6ccccc6o5)CC4)[nH]c(=O)c23)C1. The molecule has 4 heterocycles. The van der Waals surface area contributed by atoms with Crippen molar-refractivity contribution in [3.05, 3.63) is 62.7 Å². The van der Waals surface area contributed by atoms with Crippen molar-refractivity contribution < 1.29 is 9.21 Å². The molecule has 2 atom stereocenters. The van der Waals surface area contributed by atoms with E-state index in [1.165, 1.54) is 10.4 Å². The second-order valence-electron chi connectivity index (χ2n) is 9.64. The van der Waals surface area contributed by atoms with Crippen LogP contribution in [0.2, 0.25) is 0 Å². The maximum atomic E-state index is 13.0. The number of aryl methyl sites for hydroxylation is 1. The third-order valence-corrected chi connectivity index (χ3v) is 8.51. The first-order valence-corrected chi connectivity index (χ1v) is 12.9. The highest BCUT2D eigenvalue weighted by Gasteiger charge is 2.29. The normalized spacial score (nSPS) is 20.1.